The summed E-state index contributed by atoms with van der Waals surface area (Å²) >= 11 is 0. The SMILES string of the molecule is COC(=O)CC[C@@H]1NC(=O)c2cc([N+](=O)[O-])ccc2OCC[C@@H](C(N)=O)NC(=O)[C@@H](CCCCN)NC1=O. The smallest absolute Gasteiger partial charge is 0.305 e. The van der Waals surface area contributed by atoms with Crippen LogP contribution in [0.3, 0.4) is 0 Å². The number of non-ortho nitro benzene ring substituents is 1. The lowest BCUT2D eigenvalue weighted by atomic mass is 10.0. The third-order valence-electron chi connectivity index (χ3n) is 5.81. The van der Waals surface area contributed by atoms with E-state index in [1.165, 1.54) is 6.07 Å². The van der Waals surface area contributed by atoms with Crippen LogP contribution in [0.1, 0.15) is 48.9 Å². The van der Waals surface area contributed by atoms with Crippen molar-refractivity contribution < 1.29 is 38.4 Å². The maximum Gasteiger partial charge on any atom is 0.305 e. The average Bonchev–Trinajstić information content (AvgIpc) is 2.88. The maximum absolute atomic E-state index is 13.2. The fourth-order valence-corrected chi connectivity index (χ4v) is 3.68. The van der Waals surface area contributed by atoms with Gasteiger partial charge in [0.15, 0.2) is 0 Å². The molecule has 15 nitrogen and oxygen atoms in total. The fraction of sp³-hybridized carbons (Fsp3) is 0.522. The molecule has 7 N–H and O–H groups in total. The minimum Gasteiger partial charge on any atom is -0.493 e. The van der Waals surface area contributed by atoms with Gasteiger partial charge in [-0.1, -0.05) is 0 Å². The van der Waals surface area contributed by atoms with Crippen molar-refractivity contribution in [1.82, 2.24) is 16.0 Å². The number of nitrogens with two attached hydrogens (primary N) is 2. The number of fused-ring (bicyclic) bond motifs is 1. The van der Waals surface area contributed by atoms with E-state index in [4.69, 9.17) is 16.2 Å². The summed E-state index contributed by atoms with van der Waals surface area (Å²) in [4.78, 5) is 73.7. The first-order chi connectivity index (χ1) is 18.1. The van der Waals surface area contributed by atoms with Gasteiger partial charge in [0.05, 0.1) is 24.2 Å². The number of unbranched alkanes of at least 4 members (excludes halogenated alkanes) is 1. The van der Waals surface area contributed by atoms with Crippen molar-refractivity contribution in [2.24, 2.45) is 11.5 Å². The summed E-state index contributed by atoms with van der Waals surface area (Å²) in [6.45, 7) is 0.175. The number of nitro benzene ring substituents is 1. The van der Waals surface area contributed by atoms with E-state index in [1.807, 2.05) is 0 Å². The lowest BCUT2D eigenvalue weighted by Crippen LogP contribution is -2.56. The van der Waals surface area contributed by atoms with Gasteiger partial charge in [0, 0.05) is 25.0 Å². The second kappa shape index (κ2) is 14.5. The molecule has 1 aromatic rings. The number of hydrogen-bond acceptors (Lipinski definition) is 10. The largest absolute Gasteiger partial charge is 0.493 e. The van der Waals surface area contributed by atoms with Crippen LogP contribution >= 0.6 is 0 Å². The molecule has 1 heterocycles. The number of amides is 4. The molecule has 1 aliphatic heterocycles. The molecule has 1 aromatic carbocycles. The van der Waals surface area contributed by atoms with Crippen molar-refractivity contribution in [1.29, 1.82) is 0 Å². The van der Waals surface area contributed by atoms with E-state index in [0.717, 1.165) is 19.2 Å². The second-order valence-corrected chi connectivity index (χ2v) is 8.52. The Bertz CT molecular complexity index is 1060. The van der Waals surface area contributed by atoms with Gasteiger partial charge in [-0.2, -0.15) is 0 Å². The normalized spacial score (nSPS) is 20.5. The highest BCUT2D eigenvalue weighted by atomic mass is 16.6. The summed E-state index contributed by atoms with van der Waals surface area (Å²) in [5.41, 5.74) is 10.3. The van der Waals surface area contributed by atoms with Gasteiger partial charge < -0.3 is 36.9 Å². The van der Waals surface area contributed by atoms with E-state index in [0.29, 0.717) is 19.4 Å². The Morgan fingerprint density at radius 3 is 2.42 bits per heavy atom. The van der Waals surface area contributed by atoms with Gasteiger partial charge in [-0.15, -0.1) is 0 Å². The van der Waals surface area contributed by atoms with Crippen LogP contribution in [0.2, 0.25) is 0 Å². The van der Waals surface area contributed by atoms with Crippen LogP contribution in [0.4, 0.5) is 5.69 Å². The number of benzene rings is 1. The molecule has 15 heteroatoms. The fourth-order valence-electron chi connectivity index (χ4n) is 3.68. The van der Waals surface area contributed by atoms with Crippen molar-refractivity contribution in [3.63, 3.8) is 0 Å². The van der Waals surface area contributed by atoms with Crippen molar-refractivity contribution in [3.8, 4) is 5.75 Å². The number of nitrogens with zero attached hydrogens (tertiary/aromatic N) is 1. The number of esters is 1. The number of ether oxygens (including phenoxy) is 2. The summed E-state index contributed by atoms with van der Waals surface area (Å²) in [6, 6.07) is -0.290. The van der Waals surface area contributed by atoms with Gasteiger partial charge in [0.2, 0.25) is 17.7 Å². The number of hydrogen-bond donors (Lipinski definition) is 5. The first-order valence-corrected chi connectivity index (χ1v) is 12.0. The van der Waals surface area contributed by atoms with Gasteiger partial charge in [-0.05, 0) is 38.3 Å². The van der Waals surface area contributed by atoms with Crippen LogP contribution in [0, 0.1) is 10.1 Å². The first-order valence-electron chi connectivity index (χ1n) is 12.0. The topological polar surface area (TPSA) is 235 Å². The number of nitrogens with one attached hydrogen (secondary N) is 3. The molecule has 0 unspecified atom stereocenters. The van der Waals surface area contributed by atoms with Gasteiger partial charge in [0.1, 0.15) is 23.9 Å². The summed E-state index contributed by atoms with van der Waals surface area (Å²) in [6.07, 6.45) is 0.672. The molecule has 0 saturated carbocycles. The highest BCUT2D eigenvalue weighted by Gasteiger charge is 2.31. The second-order valence-electron chi connectivity index (χ2n) is 8.52. The van der Waals surface area contributed by atoms with E-state index in [2.05, 4.69) is 20.7 Å². The zero-order chi connectivity index (χ0) is 28.2. The van der Waals surface area contributed by atoms with Crippen LogP contribution in [-0.2, 0) is 23.9 Å². The standard InChI is InChI=1S/C23H32N6O9/c1-37-19(30)8-6-17-23(34)28-16(4-2-3-10-24)22(33)26-15(20(25)31)9-11-38-18-7-5-13(29(35)36)12-14(18)21(32)27-17/h5,7,12,15-17H,2-4,6,8-11,24H2,1H3,(H2,25,31)(H,26,33)(H,27,32)(H,28,34)/t15-,16+,17-/m0/s1. The molecule has 38 heavy (non-hydrogen) atoms. The quantitative estimate of drug-likeness (QED) is 0.112. The molecule has 0 bridgehead atoms. The van der Waals surface area contributed by atoms with E-state index in [1.54, 1.807) is 0 Å². The van der Waals surface area contributed by atoms with Gasteiger partial charge in [0.25, 0.3) is 11.6 Å². The van der Waals surface area contributed by atoms with Crippen LogP contribution in [0.5, 0.6) is 5.75 Å². The molecule has 4 amide bonds. The number of carbonyl (C=O) groups excluding carboxylic acids is 5. The number of carbonyl (C=O) groups is 5. The van der Waals surface area contributed by atoms with E-state index in [-0.39, 0.29) is 43.6 Å². The molecule has 0 fully saturated rings. The Morgan fingerprint density at radius 2 is 1.79 bits per heavy atom. The van der Waals surface area contributed by atoms with Crippen molar-refractivity contribution >= 4 is 35.3 Å². The Morgan fingerprint density at radius 1 is 1.11 bits per heavy atom. The molecule has 2 rings (SSSR count). The molecule has 0 spiro atoms. The molecule has 1 aliphatic rings. The minimum atomic E-state index is -1.33. The van der Waals surface area contributed by atoms with Crippen LogP contribution in [0.25, 0.3) is 0 Å². The predicted molar refractivity (Wildman–Crippen MR) is 132 cm³/mol. The Balaban J connectivity index is 2.48. The van der Waals surface area contributed by atoms with Crippen LogP contribution < -0.4 is 32.2 Å². The average molecular weight is 537 g/mol. The molecule has 3 atom stereocenters. The molecule has 0 saturated heterocycles. The summed E-state index contributed by atoms with van der Waals surface area (Å²) < 4.78 is 10.2. The Labute approximate surface area is 218 Å². The molecular weight excluding hydrogens is 504 g/mol. The highest BCUT2D eigenvalue weighted by Crippen LogP contribution is 2.25. The zero-order valence-electron chi connectivity index (χ0n) is 20.9. The van der Waals surface area contributed by atoms with Crippen molar-refractivity contribution in [3.05, 3.63) is 33.9 Å². The van der Waals surface area contributed by atoms with E-state index < -0.39 is 58.3 Å². The Hall–Kier alpha value is -4.27. The van der Waals surface area contributed by atoms with Gasteiger partial charge >= 0.3 is 5.97 Å². The van der Waals surface area contributed by atoms with Crippen LogP contribution in [0.15, 0.2) is 18.2 Å². The lowest BCUT2D eigenvalue weighted by Gasteiger charge is -2.26. The number of nitro groups is 1. The number of rotatable bonds is 9. The van der Waals surface area contributed by atoms with Gasteiger partial charge in [-0.25, -0.2) is 0 Å². The zero-order valence-corrected chi connectivity index (χ0v) is 20.9. The Kier molecular flexibility index (Phi) is 11.4. The third kappa shape index (κ3) is 8.69. The lowest BCUT2D eigenvalue weighted by molar-refractivity contribution is -0.384. The van der Waals surface area contributed by atoms with Crippen molar-refractivity contribution in [2.75, 3.05) is 20.3 Å². The summed E-state index contributed by atoms with van der Waals surface area (Å²) in [7, 11) is 1.16. The first kappa shape index (κ1) is 30.0. The molecule has 0 aromatic heterocycles. The summed E-state index contributed by atoms with van der Waals surface area (Å²) in [5, 5.41) is 18.8. The highest BCUT2D eigenvalue weighted by molar-refractivity contribution is 6.01. The molecular formula is C23H32N6O9. The molecule has 0 aliphatic carbocycles. The maximum atomic E-state index is 13.2. The van der Waals surface area contributed by atoms with Gasteiger partial charge in [-0.3, -0.25) is 34.1 Å². The minimum absolute atomic E-state index is 0.0634. The summed E-state index contributed by atoms with van der Waals surface area (Å²) in [5.74, 6) is -3.92. The molecule has 208 valence electrons. The molecule has 0 radical (unpaired) electrons. The predicted octanol–water partition coefficient (Wildman–Crippen LogP) is -0.987. The monoisotopic (exact) mass is 536 g/mol. The number of primary amides is 1. The number of methoxy groups -OCH3 is 1. The van der Waals surface area contributed by atoms with E-state index >= 15 is 0 Å². The van der Waals surface area contributed by atoms with Crippen molar-refractivity contribution in [2.45, 2.75) is 56.7 Å². The van der Waals surface area contributed by atoms with E-state index in [9.17, 15) is 34.1 Å². The van der Waals surface area contributed by atoms with Crippen LogP contribution in [-0.4, -0.2) is 72.9 Å². The third-order valence-corrected chi connectivity index (χ3v) is 5.81.